The predicted molar refractivity (Wildman–Crippen MR) is 161 cm³/mol. The zero-order valence-corrected chi connectivity index (χ0v) is 26.7. The Balaban J connectivity index is 1.53. The minimum Gasteiger partial charge on any atom is -0.361 e. The molecule has 1 heterocycles. The number of hydrogen-bond donors (Lipinski definition) is 2. The van der Waals surface area contributed by atoms with Crippen molar-refractivity contribution in [3.05, 3.63) is 29.6 Å². The van der Waals surface area contributed by atoms with Gasteiger partial charge in [-0.05, 0) is 99.3 Å². The highest BCUT2D eigenvalue weighted by Gasteiger charge is 2.67. The number of nitrogens with two attached hydrogens (primary N) is 1. The summed E-state index contributed by atoms with van der Waals surface area (Å²) in [5, 5.41) is 0. The molecule has 0 bridgehead atoms. The average molecular weight is 559 g/mol. The van der Waals surface area contributed by atoms with Crippen LogP contribution in [0.3, 0.4) is 0 Å². The van der Waals surface area contributed by atoms with Crippen LogP contribution in [0.1, 0.15) is 90.2 Å². The molecule has 3 saturated carbocycles. The van der Waals surface area contributed by atoms with Crippen LogP contribution < -0.4 is 10.5 Å². The fourth-order valence-electron chi connectivity index (χ4n) is 6.57. The van der Waals surface area contributed by atoms with Crippen LogP contribution in [-0.4, -0.2) is 33.2 Å². The van der Waals surface area contributed by atoms with Crippen LogP contribution in [0.2, 0.25) is 25.7 Å². The Morgan fingerprint density at radius 2 is 1.84 bits per heavy atom. The van der Waals surface area contributed by atoms with E-state index < -0.39 is 19.1 Å². The summed E-state index contributed by atoms with van der Waals surface area (Å²) in [4.78, 5) is 5.22. The fraction of sp³-hybridized carbons (Fsp3) is 0.767. The second kappa shape index (κ2) is 9.79. The molecule has 0 aliphatic heterocycles. The largest absolute Gasteiger partial charge is 0.361 e. The highest BCUT2D eigenvalue weighted by molar-refractivity contribution is 7.84. The van der Waals surface area contributed by atoms with Crippen LogP contribution >= 0.6 is 0 Å². The van der Waals surface area contributed by atoms with Crippen molar-refractivity contribution in [3.63, 3.8) is 0 Å². The Bertz CT molecular complexity index is 1200. The third-order valence-corrected chi connectivity index (χ3v) is 12.9. The topological polar surface area (TPSA) is 82.2 Å². The van der Waals surface area contributed by atoms with Gasteiger partial charge >= 0.3 is 0 Å². The summed E-state index contributed by atoms with van der Waals surface area (Å²) >= 11 is 0. The van der Waals surface area contributed by atoms with E-state index in [0.717, 1.165) is 42.4 Å². The first kappa shape index (κ1) is 28.5. The molecule has 212 valence electrons. The molecular weight excluding hydrogens is 509 g/mol. The summed E-state index contributed by atoms with van der Waals surface area (Å²) < 4.78 is 25.3. The van der Waals surface area contributed by atoms with Crippen LogP contribution in [0.25, 0.3) is 11.0 Å². The van der Waals surface area contributed by atoms with E-state index >= 15 is 0 Å². The van der Waals surface area contributed by atoms with Gasteiger partial charge in [0.05, 0.1) is 32.8 Å². The lowest BCUT2D eigenvalue weighted by Crippen LogP contribution is -2.39. The number of imidazole rings is 1. The highest BCUT2D eigenvalue weighted by Crippen LogP contribution is 2.75. The molecule has 6 atom stereocenters. The molecule has 2 aromatic rings. The third kappa shape index (κ3) is 5.71. The molecule has 0 saturated heterocycles. The maximum atomic E-state index is 13.5. The van der Waals surface area contributed by atoms with E-state index in [1.165, 1.54) is 24.8 Å². The SMILES string of the molecule is CC(C)(C)[S@@](=O)N[C@H](c1nc2ccc([C@H](N)C3CC3)cc2n1COCC[Si](C)(C)C)C1C[C@@]2(C)C[C@@]2(C)C1. The van der Waals surface area contributed by atoms with Crippen molar-refractivity contribution < 1.29 is 8.95 Å². The molecule has 3 aliphatic carbocycles. The molecule has 3 N–H and O–H groups in total. The summed E-state index contributed by atoms with van der Waals surface area (Å²) in [5.41, 5.74) is 10.6. The molecule has 6 nitrogen and oxygen atoms in total. The van der Waals surface area contributed by atoms with Crippen molar-refractivity contribution in [2.45, 2.75) is 116 Å². The van der Waals surface area contributed by atoms with Gasteiger partial charge in [0.2, 0.25) is 0 Å². The Labute approximate surface area is 233 Å². The lowest BCUT2D eigenvalue weighted by Gasteiger charge is -2.30. The van der Waals surface area contributed by atoms with Crippen molar-refractivity contribution in [1.82, 2.24) is 14.3 Å². The maximum absolute atomic E-state index is 13.5. The summed E-state index contributed by atoms with van der Waals surface area (Å²) in [6.07, 6.45) is 6.00. The van der Waals surface area contributed by atoms with E-state index in [1.807, 2.05) is 20.8 Å². The third-order valence-electron chi connectivity index (χ3n) is 9.61. The molecule has 8 heteroatoms. The summed E-state index contributed by atoms with van der Waals surface area (Å²) in [6.45, 7) is 19.3. The Morgan fingerprint density at radius 1 is 1.18 bits per heavy atom. The number of rotatable bonds is 11. The second-order valence-corrected chi connectivity index (χ2v) is 22.9. The van der Waals surface area contributed by atoms with Gasteiger partial charge in [-0.1, -0.05) is 39.6 Å². The average Bonchev–Trinajstić information content (AvgIpc) is 3.67. The number of benzene rings is 1. The Kier molecular flexibility index (Phi) is 7.33. The molecule has 0 amide bonds. The number of hydrogen-bond acceptors (Lipinski definition) is 4. The molecule has 3 aliphatic rings. The van der Waals surface area contributed by atoms with Crippen molar-refractivity contribution in [1.29, 1.82) is 0 Å². The van der Waals surface area contributed by atoms with Gasteiger partial charge in [0, 0.05) is 20.7 Å². The first-order valence-corrected chi connectivity index (χ1v) is 19.5. The number of ether oxygens (including phenoxy) is 1. The molecule has 0 radical (unpaired) electrons. The van der Waals surface area contributed by atoms with E-state index in [4.69, 9.17) is 15.5 Å². The normalized spacial score (nSPS) is 29.9. The zero-order chi connectivity index (χ0) is 27.7. The Hall–Kier alpha value is -1.06. The number of aromatic nitrogens is 2. The zero-order valence-electron chi connectivity index (χ0n) is 24.9. The molecule has 1 aromatic heterocycles. The maximum Gasteiger partial charge on any atom is 0.130 e. The van der Waals surface area contributed by atoms with E-state index in [9.17, 15) is 4.21 Å². The molecule has 38 heavy (non-hydrogen) atoms. The van der Waals surface area contributed by atoms with Crippen LogP contribution in [0.15, 0.2) is 18.2 Å². The van der Waals surface area contributed by atoms with Gasteiger partial charge < -0.3 is 15.0 Å². The molecule has 3 fully saturated rings. The lowest BCUT2D eigenvalue weighted by molar-refractivity contribution is 0.0857. The molecule has 5 rings (SSSR count). The Morgan fingerprint density at radius 3 is 2.42 bits per heavy atom. The quantitative estimate of drug-likeness (QED) is 0.238. The predicted octanol–water partition coefficient (Wildman–Crippen LogP) is 6.68. The minimum absolute atomic E-state index is 0.0724. The molecule has 0 spiro atoms. The van der Waals surface area contributed by atoms with Crippen LogP contribution in [0.4, 0.5) is 0 Å². The van der Waals surface area contributed by atoms with E-state index in [-0.39, 0.29) is 16.8 Å². The number of nitrogens with zero attached hydrogens (tertiary/aromatic N) is 2. The van der Waals surface area contributed by atoms with Gasteiger partial charge in [0.15, 0.2) is 0 Å². The first-order chi connectivity index (χ1) is 17.6. The summed E-state index contributed by atoms with van der Waals surface area (Å²) in [5.74, 6) is 1.93. The van der Waals surface area contributed by atoms with E-state index in [1.54, 1.807) is 0 Å². The van der Waals surface area contributed by atoms with Gasteiger partial charge in [0.1, 0.15) is 12.6 Å². The van der Waals surface area contributed by atoms with Crippen molar-refractivity contribution in [3.8, 4) is 0 Å². The van der Waals surface area contributed by atoms with Crippen LogP contribution in [-0.2, 0) is 22.5 Å². The summed E-state index contributed by atoms with van der Waals surface area (Å²) in [6, 6.07) is 7.63. The number of nitrogens with one attached hydrogen (secondary N) is 1. The monoisotopic (exact) mass is 558 g/mol. The van der Waals surface area contributed by atoms with E-state index in [0.29, 0.717) is 29.4 Å². The molecule has 1 aromatic carbocycles. The molecule has 1 unspecified atom stereocenters. The van der Waals surface area contributed by atoms with Gasteiger partial charge in [-0.3, -0.25) is 0 Å². The van der Waals surface area contributed by atoms with Crippen molar-refractivity contribution in [2.24, 2.45) is 28.4 Å². The highest BCUT2D eigenvalue weighted by atomic mass is 32.2. The van der Waals surface area contributed by atoms with Gasteiger partial charge in [-0.2, -0.15) is 0 Å². The standard InChI is InChI=1S/C30H50N4O2SSi/c1-28(2,3)37(35)33-26(22-16-29(4)18-30(29,5)17-22)27-32-23-12-11-21(25(31)20-9-10-20)15-24(23)34(27)19-36-13-14-38(6,7)8/h11-12,15,20,22,25-26,33H,9-10,13-14,16-19,31H2,1-8H3/t22?,25-,26+,29-,30+,37-/m1/s1. The summed E-state index contributed by atoms with van der Waals surface area (Å²) in [7, 11) is -2.41. The fourth-order valence-corrected chi connectivity index (χ4v) is 8.21. The van der Waals surface area contributed by atoms with Gasteiger partial charge in [-0.25, -0.2) is 13.9 Å². The van der Waals surface area contributed by atoms with Crippen LogP contribution in [0.5, 0.6) is 0 Å². The first-order valence-electron chi connectivity index (χ1n) is 14.6. The smallest absolute Gasteiger partial charge is 0.130 e. The van der Waals surface area contributed by atoms with Crippen molar-refractivity contribution in [2.75, 3.05) is 6.61 Å². The minimum atomic E-state index is -1.20. The number of fused-ring (bicyclic) bond motifs is 2. The van der Waals surface area contributed by atoms with Crippen LogP contribution in [0, 0.1) is 22.7 Å². The van der Waals surface area contributed by atoms with E-state index in [2.05, 4.69) is 61.0 Å². The van der Waals surface area contributed by atoms with Gasteiger partial charge in [0.25, 0.3) is 0 Å². The van der Waals surface area contributed by atoms with Crippen molar-refractivity contribution >= 4 is 30.1 Å². The van der Waals surface area contributed by atoms with Gasteiger partial charge in [-0.15, -0.1) is 0 Å². The second-order valence-electron chi connectivity index (χ2n) is 15.3. The lowest BCUT2D eigenvalue weighted by atomic mass is 9.91. The molecular formula is C30H50N4O2SSi.